The average molecular weight is 575 g/mol. The Balaban J connectivity index is 1.27. The van der Waals surface area contributed by atoms with Crippen LogP contribution in [-0.4, -0.2) is 28.2 Å². The number of H-pyrrole nitrogens is 1. The van der Waals surface area contributed by atoms with Crippen LogP contribution in [-0.2, 0) is 22.6 Å². The largest absolute Gasteiger partial charge is 0.507 e. The molecule has 0 fully saturated rings. The first kappa shape index (κ1) is 27.3. The summed E-state index contributed by atoms with van der Waals surface area (Å²) in [5.74, 6) is -0.980. The molecule has 0 radical (unpaired) electrons. The molecule has 0 aliphatic heterocycles. The minimum Gasteiger partial charge on any atom is -0.507 e. The number of phenolic OH excluding ortho intramolecular Hbond substituents is 1. The van der Waals surface area contributed by atoms with Crippen molar-refractivity contribution in [2.24, 2.45) is 0 Å². The first-order chi connectivity index (χ1) is 20.9. The van der Waals surface area contributed by atoms with Crippen LogP contribution in [0.3, 0.4) is 0 Å². The highest BCUT2D eigenvalue weighted by Gasteiger charge is 2.26. The average Bonchev–Trinajstić information content (AvgIpc) is 3.43. The Bertz CT molecular complexity index is 1980. The fraction of sp³-hybridized carbons (Fsp3) is 0.0882. The van der Waals surface area contributed by atoms with E-state index in [2.05, 4.69) is 10.3 Å². The van der Waals surface area contributed by atoms with E-state index in [-0.39, 0.29) is 29.7 Å². The van der Waals surface area contributed by atoms with Crippen LogP contribution in [0.2, 0.25) is 0 Å². The van der Waals surface area contributed by atoms with Crippen molar-refractivity contribution in [3.8, 4) is 22.8 Å². The molecule has 43 heavy (non-hydrogen) atoms. The molecule has 6 rings (SSSR count). The summed E-state index contributed by atoms with van der Waals surface area (Å²) < 4.78 is 16.9. The molecule has 6 aromatic rings. The van der Waals surface area contributed by atoms with E-state index in [1.165, 1.54) is 12.1 Å². The molecule has 9 nitrogen and oxygen atoms in total. The van der Waals surface area contributed by atoms with Crippen molar-refractivity contribution in [3.63, 3.8) is 0 Å². The van der Waals surface area contributed by atoms with Gasteiger partial charge >= 0.3 is 12.1 Å². The number of alkyl carbamates (subject to hydrolysis) is 1. The molecular formula is C34H26N2O7. The van der Waals surface area contributed by atoms with Crippen LogP contribution in [0.1, 0.15) is 11.1 Å². The van der Waals surface area contributed by atoms with Crippen molar-refractivity contribution in [2.75, 3.05) is 0 Å². The van der Waals surface area contributed by atoms with Gasteiger partial charge in [0, 0.05) is 47.3 Å². The van der Waals surface area contributed by atoms with E-state index in [0.717, 1.165) is 28.1 Å². The van der Waals surface area contributed by atoms with E-state index < -0.39 is 29.3 Å². The first-order valence-electron chi connectivity index (χ1n) is 13.5. The second kappa shape index (κ2) is 12.0. The van der Waals surface area contributed by atoms with Crippen LogP contribution in [0.4, 0.5) is 4.79 Å². The number of fused-ring (bicyclic) bond motifs is 2. The van der Waals surface area contributed by atoms with Crippen molar-refractivity contribution in [1.82, 2.24) is 10.3 Å². The zero-order valence-electron chi connectivity index (χ0n) is 22.8. The molecule has 0 saturated carbocycles. The number of carbonyl (C=O) groups excluding carboxylic acids is 2. The predicted molar refractivity (Wildman–Crippen MR) is 161 cm³/mol. The summed E-state index contributed by atoms with van der Waals surface area (Å²) in [6.07, 6.45) is 1.06. The predicted octanol–water partition coefficient (Wildman–Crippen LogP) is 6.09. The molecule has 0 bridgehead atoms. The molecule has 2 aromatic heterocycles. The number of rotatable bonds is 8. The maximum Gasteiger partial charge on any atom is 0.408 e. The first-order valence-corrected chi connectivity index (χ1v) is 13.5. The summed E-state index contributed by atoms with van der Waals surface area (Å²) in [6.45, 7) is 0.0167. The Morgan fingerprint density at radius 3 is 2.42 bits per heavy atom. The maximum absolute atomic E-state index is 13.5. The fourth-order valence-corrected chi connectivity index (χ4v) is 4.86. The van der Waals surface area contributed by atoms with Gasteiger partial charge in [-0.1, -0.05) is 78.9 Å². The van der Waals surface area contributed by atoms with Gasteiger partial charge in [-0.05, 0) is 17.2 Å². The molecular weight excluding hydrogens is 548 g/mol. The molecule has 0 saturated heterocycles. The zero-order chi connectivity index (χ0) is 29.8. The van der Waals surface area contributed by atoms with Crippen LogP contribution in [0, 0.1) is 0 Å². The monoisotopic (exact) mass is 574 g/mol. The Morgan fingerprint density at radius 2 is 1.63 bits per heavy atom. The lowest BCUT2D eigenvalue weighted by atomic mass is 10.1. The Hall–Kier alpha value is -5.83. The lowest BCUT2D eigenvalue weighted by Gasteiger charge is -2.18. The molecule has 1 atom stereocenters. The van der Waals surface area contributed by atoms with Crippen LogP contribution < -0.4 is 15.5 Å². The van der Waals surface area contributed by atoms with E-state index in [0.29, 0.717) is 11.3 Å². The summed E-state index contributed by atoms with van der Waals surface area (Å²) in [6, 6.07) is 28.4. The van der Waals surface area contributed by atoms with Crippen LogP contribution in [0.5, 0.6) is 11.5 Å². The second-order valence-electron chi connectivity index (χ2n) is 9.90. The molecule has 1 amide bonds. The van der Waals surface area contributed by atoms with Gasteiger partial charge in [-0.2, -0.15) is 0 Å². The molecule has 214 valence electrons. The summed E-state index contributed by atoms with van der Waals surface area (Å²) in [5, 5.41) is 14.1. The Morgan fingerprint density at radius 1 is 0.907 bits per heavy atom. The minimum atomic E-state index is -1.15. The number of benzene rings is 4. The number of aromatic nitrogens is 1. The number of nitrogens with one attached hydrogen (secondary N) is 2. The third kappa shape index (κ3) is 6.11. The standard InChI is InChI=1S/C34H26N2O7/c37-28-16-24(17-31-32(28)29(38)18-30(43-31)22-11-5-2-6-12-22)42-33(39)27(15-23-19-35-26-14-8-7-13-25(23)26)36-34(40)41-20-21-9-3-1-4-10-21/h1-14,16-19,27,35,37H,15,20H2,(H,36,40)/t27-/m1/s1. The van der Waals surface area contributed by atoms with Crippen LogP contribution in [0.15, 0.2) is 119 Å². The summed E-state index contributed by atoms with van der Waals surface area (Å²) in [5.41, 5.74) is 2.70. The number of hydrogen-bond donors (Lipinski definition) is 3. The number of carbonyl (C=O) groups is 2. The number of hydrogen-bond acceptors (Lipinski definition) is 7. The summed E-state index contributed by atoms with van der Waals surface area (Å²) >= 11 is 0. The highest BCUT2D eigenvalue weighted by molar-refractivity contribution is 5.89. The van der Waals surface area contributed by atoms with Crippen molar-refractivity contribution in [1.29, 1.82) is 0 Å². The van der Waals surface area contributed by atoms with Gasteiger partial charge in [-0.25, -0.2) is 9.59 Å². The lowest BCUT2D eigenvalue weighted by molar-refractivity contribution is -0.136. The molecule has 0 unspecified atom stereocenters. The van der Waals surface area contributed by atoms with Gasteiger partial charge in [-0.15, -0.1) is 0 Å². The third-order valence-corrected chi connectivity index (χ3v) is 6.95. The quantitative estimate of drug-likeness (QED) is 0.148. The number of aromatic hydroxyl groups is 1. The lowest BCUT2D eigenvalue weighted by Crippen LogP contribution is -2.44. The van der Waals surface area contributed by atoms with E-state index in [4.69, 9.17) is 13.9 Å². The van der Waals surface area contributed by atoms with Gasteiger partial charge in [0.2, 0.25) is 0 Å². The molecule has 9 heteroatoms. The van der Waals surface area contributed by atoms with Crippen molar-refractivity contribution < 1.29 is 28.6 Å². The smallest absolute Gasteiger partial charge is 0.408 e. The van der Waals surface area contributed by atoms with Crippen molar-refractivity contribution in [3.05, 3.63) is 131 Å². The number of esters is 1. The van der Waals surface area contributed by atoms with Crippen LogP contribution in [0.25, 0.3) is 33.2 Å². The van der Waals surface area contributed by atoms with Gasteiger partial charge in [0.15, 0.2) is 5.43 Å². The Kier molecular flexibility index (Phi) is 7.60. The molecule has 4 aromatic carbocycles. The molecule has 0 spiro atoms. The second-order valence-corrected chi connectivity index (χ2v) is 9.90. The topological polar surface area (TPSA) is 131 Å². The van der Waals surface area contributed by atoms with Crippen molar-refractivity contribution in [2.45, 2.75) is 19.1 Å². The molecule has 2 heterocycles. The van der Waals surface area contributed by atoms with Gasteiger partial charge in [0.05, 0.1) is 0 Å². The fourth-order valence-electron chi connectivity index (χ4n) is 4.86. The number of phenols is 1. The van der Waals surface area contributed by atoms with Crippen LogP contribution >= 0.6 is 0 Å². The van der Waals surface area contributed by atoms with E-state index in [1.54, 1.807) is 30.5 Å². The summed E-state index contributed by atoms with van der Waals surface area (Å²) in [4.78, 5) is 42.3. The summed E-state index contributed by atoms with van der Waals surface area (Å²) in [7, 11) is 0. The SMILES string of the molecule is O=C(N[C@H](Cc1c[nH]c2ccccc12)C(=O)Oc1cc(O)c2c(=O)cc(-c3ccccc3)oc2c1)OCc1ccccc1. The molecule has 0 aliphatic carbocycles. The Labute approximate surface area is 245 Å². The number of para-hydroxylation sites is 1. The molecule has 0 aliphatic rings. The van der Waals surface area contributed by atoms with Gasteiger partial charge in [0.1, 0.15) is 40.9 Å². The molecule has 3 N–H and O–H groups in total. The van der Waals surface area contributed by atoms with Crippen molar-refractivity contribution >= 4 is 33.9 Å². The highest BCUT2D eigenvalue weighted by Crippen LogP contribution is 2.31. The minimum absolute atomic E-state index is 0.0167. The number of aromatic amines is 1. The maximum atomic E-state index is 13.5. The number of ether oxygens (including phenoxy) is 2. The number of amides is 1. The van der Waals surface area contributed by atoms with Gasteiger partial charge in [0.25, 0.3) is 0 Å². The normalized spacial score (nSPS) is 11.7. The zero-order valence-corrected chi connectivity index (χ0v) is 22.8. The third-order valence-electron chi connectivity index (χ3n) is 6.95. The van der Waals surface area contributed by atoms with Gasteiger partial charge in [-0.3, -0.25) is 4.79 Å². The highest BCUT2D eigenvalue weighted by atomic mass is 16.6. The van der Waals surface area contributed by atoms with E-state index in [1.807, 2.05) is 60.7 Å². The van der Waals surface area contributed by atoms with E-state index >= 15 is 0 Å². The van der Waals surface area contributed by atoms with Gasteiger partial charge < -0.3 is 29.3 Å². The van der Waals surface area contributed by atoms with E-state index in [9.17, 15) is 19.5 Å².